The Morgan fingerprint density at radius 2 is 2.00 bits per heavy atom. The summed E-state index contributed by atoms with van der Waals surface area (Å²) in [6, 6.07) is 3.50. The summed E-state index contributed by atoms with van der Waals surface area (Å²) in [6.07, 6.45) is 1.75. The molecule has 0 saturated heterocycles. The Morgan fingerprint density at radius 3 is 2.60 bits per heavy atom. The maximum Gasteiger partial charge on any atom is 0.186 e. The monoisotopic (exact) mass is 298 g/mol. The summed E-state index contributed by atoms with van der Waals surface area (Å²) >= 11 is 5.93. The summed E-state index contributed by atoms with van der Waals surface area (Å²) in [5, 5.41) is 4.18. The van der Waals surface area contributed by atoms with Gasteiger partial charge in [0.25, 0.3) is 0 Å². The number of aryl methyl sites for hydroxylation is 1. The summed E-state index contributed by atoms with van der Waals surface area (Å²) in [4.78, 5) is 12.2. The fourth-order valence-electron chi connectivity index (χ4n) is 1.97. The Bertz CT molecular complexity index is 620. The molecule has 0 unspecified atom stereocenters. The smallest absolute Gasteiger partial charge is 0.186 e. The van der Waals surface area contributed by atoms with E-state index in [-0.39, 0.29) is 22.7 Å². The molecule has 0 aliphatic heterocycles. The van der Waals surface area contributed by atoms with Gasteiger partial charge < -0.3 is 0 Å². The Kier molecular flexibility index (Phi) is 4.49. The fourth-order valence-corrected chi connectivity index (χ4v) is 2.21. The maximum atomic E-state index is 13.6. The quantitative estimate of drug-likeness (QED) is 0.790. The molecule has 0 atom stereocenters. The van der Waals surface area contributed by atoms with E-state index in [0.717, 1.165) is 18.6 Å². The van der Waals surface area contributed by atoms with Gasteiger partial charge in [-0.3, -0.25) is 9.48 Å². The van der Waals surface area contributed by atoms with Crippen molar-refractivity contribution >= 4 is 17.4 Å². The van der Waals surface area contributed by atoms with Gasteiger partial charge in [0.1, 0.15) is 17.3 Å². The summed E-state index contributed by atoms with van der Waals surface area (Å²) in [5.74, 6) is -1.93. The van der Waals surface area contributed by atoms with Crippen molar-refractivity contribution < 1.29 is 13.6 Å². The van der Waals surface area contributed by atoms with Gasteiger partial charge in [-0.25, -0.2) is 8.78 Å². The molecule has 0 aliphatic rings. The van der Waals surface area contributed by atoms with Crippen molar-refractivity contribution in [1.82, 2.24) is 9.78 Å². The SMILES string of the molecule is CCCn1ncc(Cl)c1C(=O)Cc1c(F)cccc1F. The third kappa shape index (κ3) is 2.88. The van der Waals surface area contributed by atoms with Crippen molar-refractivity contribution in [3.05, 3.63) is 52.3 Å². The Balaban J connectivity index is 2.31. The van der Waals surface area contributed by atoms with E-state index < -0.39 is 17.4 Å². The Morgan fingerprint density at radius 1 is 1.35 bits per heavy atom. The molecule has 1 heterocycles. The molecular weight excluding hydrogens is 286 g/mol. The molecule has 2 aromatic rings. The molecule has 2 rings (SSSR count). The van der Waals surface area contributed by atoms with Gasteiger partial charge in [-0.15, -0.1) is 0 Å². The van der Waals surface area contributed by atoms with Gasteiger partial charge in [0.15, 0.2) is 5.78 Å². The zero-order valence-electron chi connectivity index (χ0n) is 10.9. The fraction of sp³-hybridized carbons (Fsp3) is 0.286. The summed E-state index contributed by atoms with van der Waals surface area (Å²) < 4.78 is 28.6. The van der Waals surface area contributed by atoms with E-state index in [0.29, 0.717) is 6.54 Å². The molecule has 0 amide bonds. The minimum Gasteiger partial charge on any atom is -0.292 e. The van der Waals surface area contributed by atoms with Crippen molar-refractivity contribution in [2.75, 3.05) is 0 Å². The van der Waals surface area contributed by atoms with Gasteiger partial charge in [0, 0.05) is 18.5 Å². The molecule has 0 bridgehead atoms. The van der Waals surface area contributed by atoms with E-state index in [4.69, 9.17) is 11.6 Å². The van der Waals surface area contributed by atoms with Crippen molar-refractivity contribution in [2.45, 2.75) is 26.3 Å². The third-order valence-corrected chi connectivity index (χ3v) is 3.17. The number of carbonyl (C=O) groups is 1. The standard InChI is InChI=1S/C14H13ClF2N2O/c1-2-6-19-14(10(15)8-18-19)13(20)7-9-11(16)4-3-5-12(9)17/h3-5,8H,2,6-7H2,1H3. The lowest BCUT2D eigenvalue weighted by molar-refractivity contribution is 0.0980. The van der Waals surface area contributed by atoms with E-state index in [1.165, 1.54) is 16.9 Å². The van der Waals surface area contributed by atoms with Crippen LogP contribution < -0.4 is 0 Å². The number of hydrogen-bond acceptors (Lipinski definition) is 2. The van der Waals surface area contributed by atoms with Crippen LogP contribution in [0.25, 0.3) is 0 Å². The van der Waals surface area contributed by atoms with Crippen molar-refractivity contribution in [1.29, 1.82) is 0 Å². The van der Waals surface area contributed by atoms with E-state index in [9.17, 15) is 13.6 Å². The summed E-state index contributed by atoms with van der Waals surface area (Å²) in [6.45, 7) is 2.45. The molecule has 0 saturated carbocycles. The van der Waals surface area contributed by atoms with Crippen LogP contribution in [-0.2, 0) is 13.0 Å². The number of rotatable bonds is 5. The average molecular weight is 299 g/mol. The highest BCUT2D eigenvalue weighted by Crippen LogP contribution is 2.20. The molecule has 0 fully saturated rings. The van der Waals surface area contributed by atoms with Crippen LogP contribution in [0.4, 0.5) is 8.78 Å². The van der Waals surface area contributed by atoms with Crippen LogP contribution in [0.5, 0.6) is 0 Å². The molecule has 0 aliphatic carbocycles. The van der Waals surface area contributed by atoms with Gasteiger partial charge in [-0.05, 0) is 18.6 Å². The summed E-state index contributed by atoms with van der Waals surface area (Å²) in [5.41, 5.74) is -0.0611. The minimum atomic E-state index is -0.740. The zero-order chi connectivity index (χ0) is 14.7. The van der Waals surface area contributed by atoms with Crippen LogP contribution in [0.15, 0.2) is 24.4 Å². The van der Waals surface area contributed by atoms with E-state index in [2.05, 4.69) is 5.10 Å². The number of benzene rings is 1. The van der Waals surface area contributed by atoms with Crippen molar-refractivity contribution in [2.24, 2.45) is 0 Å². The summed E-state index contributed by atoms with van der Waals surface area (Å²) in [7, 11) is 0. The second kappa shape index (κ2) is 6.13. The van der Waals surface area contributed by atoms with E-state index in [1.807, 2.05) is 6.92 Å². The van der Waals surface area contributed by atoms with E-state index >= 15 is 0 Å². The molecule has 1 aromatic carbocycles. The molecule has 0 spiro atoms. The Hall–Kier alpha value is -1.75. The van der Waals surface area contributed by atoms with Crippen molar-refractivity contribution in [3.63, 3.8) is 0 Å². The zero-order valence-corrected chi connectivity index (χ0v) is 11.6. The lowest BCUT2D eigenvalue weighted by Crippen LogP contribution is -2.14. The molecule has 0 N–H and O–H groups in total. The topological polar surface area (TPSA) is 34.9 Å². The lowest BCUT2D eigenvalue weighted by atomic mass is 10.1. The maximum absolute atomic E-state index is 13.6. The molecule has 106 valence electrons. The van der Waals surface area contributed by atoms with Gasteiger partial charge in [-0.2, -0.15) is 5.10 Å². The van der Waals surface area contributed by atoms with Crippen LogP contribution in [-0.4, -0.2) is 15.6 Å². The van der Waals surface area contributed by atoms with Crippen LogP contribution in [0.3, 0.4) is 0 Å². The first-order valence-corrected chi connectivity index (χ1v) is 6.59. The number of nitrogens with zero attached hydrogens (tertiary/aromatic N) is 2. The number of Topliss-reactive ketones (excluding diaryl/α,β-unsaturated/α-hetero) is 1. The third-order valence-electron chi connectivity index (χ3n) is 2.89. The molecule has 20 heavy (non-hydrogen) atoms. The highest BCUT2D eigenvalue weighted by Gasteiger charge is 2.20. The number of aromatic nitrogens is 2. The highest BCUT2D eigenvalue weighted by molar-refractivity contribution is 6.33. The second-order valence-corrected chi connectivity index (χ2v) is 4.77. The average Bonchev–Trinajstić information content (AvgIpc) is 2.76. The van der Waals surface area contributed by atoms with Gasteiger partial charge >= 0.3 is 0 Å². The molecule has 0 radical (unpaired) electrons. The molecular formula is C14H13ClF2N2O. The van der Waals surface area contributed by atoms with Crippen LogP contribution >= 0.6 is 11.6 Å². The largest absolute Gasteiger partial charge is 0.292 e. The van der Waals surface area contributed by atoms with Gasteiger partial charge in [-0.1, -0.05) is 24.6 Å². The lowest BCUT2D eigenvalue weighted by Gasteiger charge is -2.07. The first-order chi connectivity index (χ1) is 9.54. The second-order valence-electron chi connectivity index (χ2n) is 4.36. The first-order valence-electron chi connectivity index (χ1n) is 6.22. The predicted octanol–water partition coefficient (Wildman–Crippen LogP) is 3.65. The van der Waals surface area contributed by atoms with Gasteiger partial charge in [0.2, 0.25) is 0 Å². The highest BCUT2D eigenvalue weighted by atomic mass is 35.5. The van der Waals surface area contributed by atoms with E-state index in [1.54, 1.807) is 0 Å². The number of ketones is 1. The van der Waals surface area contributed by atoms with Crippen LogP contribution in [0.2, 0.25) is 5.02 Å². The number of halogens is 3. The molecule has 3 nitrogen and oxygen atoms in total. The van der Waals surface area contributed by atoms with Crippen LogP contribution in [0.1, 0.15) is 29.4 Å². The van der Waals surface area contributed by atoms with Gasteiger partial charge in [0.05, 0.1) is 11.2 Å². The number of hydrogen-bond donors (Lipinski definition) is 0. The Labute approximate surface area is 120 Å². The first kappa shape index (κ1) is 14.7. The van der Waals surface area contributed by atoms with Crippen molar-refractivity contribution in [3.8, 4) is 0 Å². The number of carbonyl (C=O) groups excluding carboxylic acids is 1. The predicted molar refractivity (Wildman–Crippen MR) is 71.9 cm³/mol. The normalized spacial score (nSPS) is 10.8. The molecule has 6 heteroatoms. The molecule has 1 aromatic heterocycles. The van der Waals surface area contributed by atoms with Crippen LogP contribution in [0, 0.1) is 11.6 Å². The minimum absolute atomic E-state index is 0.191.